The highest BCUT2D eigenvalue weighted by atomic mass is 16.5. The van der Waals surface area contributed by atoms with Gasteiger partial charge in [0.1, 0.15) is 0 Å². The number of rotatable bonds is 6. The zero-order valence-electron chi connectivity index (χ0n) is 14.9. The van der Waals surface area contributed by atoms with Crippen molar-refractivity contribution in [3.05, 3.63) is 0 Å². The van der Waals surface area contributed by atoms with Crippen LogP contribution in [0.25, 0.3) is 0 Å². The van der Waals surface area contributed by atoms with Crippen molar-refractivity contribution >= 4 is 0 Å². The first-order chi connectivity index (χ1) is 9.76. The number of likely N-dealkylation sites (tertiary alicyclic amines) is 1. The smallest absolute Gasteiger partial charge is 0.0790 e. The minimum Gasteiger partial charge on any atom is -0.368 e. The molecule has 0 aromatic heterocycles. The van der Waals surface area contributed by atoms with Gasteiger partial charge in [0.05, 0.1) is 11.2 Å². The number of nitrogens with one attached hydrogen (secondary N) is 1. The van der Waals surface area contributed by atoms with Crippen molar-refractivity contribution in [2.24, 2.45) is 5.92 Å². The number of likely N-dealkylation sites (N-methyl/N-ethyl adjacent to an activating group) is 2. The van der Waals surface area contributed by atoms with E-state index < -0.39 is 0 Å². The molecule has 0 spiro atoms. The molecule has 2 heterocycles. The molecule has 2 atom stereocenters. The summed E-state index contributed by atoms with van der Waals surface area (Å²) in [7, 11) is 4.32. The van der Waals surface area contributed by atoms with Crippen LogP contribution in [0.5, 0.6) is 0 Å². The van der Waals surface area contributed by atoms with E-state index >= 15 is 0 Å². The van der Waals surface area contributed by atoms with Gasteiger partial charge in [-0.2, -0.15) is 0 Å². The molecule has 2 aliphatic rings. The van der Waals surface area contributed by atoms with Crippen LogP contribution in [0.1, 0.15) is 40.5 Å². The summed E-state index contributed by atoms with van der Waals surface area (Å²) in [6.07, 6.45) is 2.76. The van der Waals surface area contributed by atoms with Gasteiger partial charge in [0.15, 0.2) is 0 Å². The highest BCUT2D eigenvalue weighted by Crippen LogP contribution is 2.42. The highest BCUT2D eigenvalue weighted by molar-refractivity contribution is 5.05. The van der Waals surface area contributed by atoms with E-state index in [1.807, 2.05) is 0 Å². The van der Waals surface area contributed by atoms with E-state index in [4.69, 9.17) is 4.74 Å². The molecular weight excluding hydrogens is 262 g/mol. The summed E-state index contributed by atoms with van der Waals surface area (Å²) in [6, 6.07) is 0.404. The lowest BCUT2D eigenvalue weighted by molar-refractivity contribution is -0.0790. The second-order valence-corrected chi connectivity index (χ2v) is 7.99. The van der Waals surface area contributed by atoms with Gasteiger partial charge in [0.2, 0.25) is 0 Å². The Morgan fingerprint density at radius 1 is 1.14 bits per heavy atom. The molecule has 0 radical (unpaired) electrons. The van der Waals surface area contributed by atoms with Crippen molar-refractivity contribution in [1.82, 2.24) is 15.1 Å². The fraction of sp³-hybridized carbons (Fsp3) is 1.00. The summed E-state index contributed by atoms with van der Waals surface area (Å²) in [5.41, 5.74) is -0.169. The first kappa shape index (κ1) is 17.2. The molecule has 2 unspecified atom stereocenters. The average molecular weight is 297 g/mol. The molecule has 0 saturated carbocycles. The van der Waals surface area contributed by atoms with Crippen LogP contribution in [0.3, 0.4) is 0 Å². The molecule has 0 aromatic carbocycles. The van der Waals surface area contributed by atoms with Crippen LogP contribution in [0.15, 0.2) is 0 Å². The van der Waals surface area contributed by atoms with Crippen molar-refractivity contribution in [3.8, 4) is 0 Å². The number of hydrogen-bond acceptors (Lipinski definition) is 4. The third-order valence-corrected chi connectivity index (χ3v) is 5.39. The number of ether oxygens (including phenoxy) is 1. The summed E-state index contributed by atoms with van der Waals surface area (Å²) in [6.45, 7) is 14.9. The molecular formula is C17H35N3O. The maximum atomic E-state index is 6.33. The molecule has 21 heavy (non-hydrogen) atoms. The van der Waals surface area contributed by atoms with Crippen LogP contribution in [0.4, 0.5) is 0 Å². The molecule has 2 aliphatic heterocycles. The Labute approximate surface area is 131 Å². The van der Waals surface area contributed by atoms with Crippen molar-refractivity contribution in [1.29, 1.82) is 0 Å². The van der Waals surface area contributed by atoms with Gasteiger partial charge in [-0.1, -0.05) is 0 Å². The van der Waals surface area contributed by atoms with Crippen LogP contribution >= 0.6 is 0 Å². The van der Waals surface area contributed by atoms with Gasteiger partial charge in [-0.05, 0) is 67.7 Å². The van der Waals surface area contributed by atoms with Crippen LogP contribution in [-0.4, -0.2) is 73.9 Å². The van der Waals surface area contributed by atoms with E-state index in [1.54, 1.807) is 0 Å². The summed E-state index contributed by atoms with van der Waals surface area (Å²) < 4.78 is 6.33. The van der Waals surface area contributed by atoms with E-state index in [0.717, 1.165) is 13.1 Å². The van der Waals surface area contributed by atoms with Gasteiger partial charge in [-0.3, -0.25) is 0 Å². The van der Waals surface area contributed by atoms with E-state index in [0.29, 0.717) is 12.0 Å². The summed E-state index contributed by atoms with van der Waals surface area (Å²) in [5, 5.41) is 3.50. The maximum absolute atomic E-state index is 6.33. The Kier molecular flexibility index (Phi) is 5.35. The van der Waals surface area contributed by atoms with E-state index in [1.165, 1.54) is 32.5 Å². The third-order valence-electron chi connectivity index (χ3n) is 5.39. The lowest BCUT2D eigenvalue weighted by Gasteiger charge is -2.33. The summed E-state index contributed by atoms with van der Waals surface area (Å²) in [5.74, 6) is 0.515. The second kappa shape index (κ2) is 6.53. The summed E-state index contributed by atoms with van der Waals surface area (Å²) >= 11 is 0. The number of hydrogen-bond donors (Lipinski definition) is 1. The normalized spacial score (nSPS) is 32.1. The average Bonchev–Trinajstić information content (AvgIpc) is 2.92. The fourth-order valence-corrected chi connectivity index (χ4v) is 4.32. The van der Waals surface area contributed by atoms with Gasteiger partial charge >= 0.3 is 0 Å². The Morgan fingerprint density at radius 2 is 1.76 bits per heavy atom. The zero-order chi connectivity index (χ0) is 15.7. The van der Waals surface area contributed by atoms with Gasteiger partial charge in [-0.15, -0.1) is 0 Å². The van der Waals surface area contributed by atoms with Gasteiger partial charge in [0.25, 0.3) is 0 Å². The first-order valence-electron chi connectivity index (χ1n) is 8.54. The Bertz CT molecular complexity index is 337. The Morgan fingerprint density at radius 3 is 2.33 bits per heavy atom. The van der Waals surface area contributed by atoms with Crippen molar-refractivity contribution in [3.63, 3.8) is 0 Å². The van der Waals surface area contributed by atoms with Gasteiger partial charge < -0.3 is 19.9 Å². The van der Waals surface area contributed by atoms with Crippen LogP contribution in [0, 0.1) is 5.92 Å². The molecule has 124 valence electrons. The van der Waals surface area contributed by atoms with Crippen LogP contribution in [0.2, 0.25) is 0 Å². The lowest BCUT2D eigenvalue weighted by atomic mass is 9.82. The highest BCUT2D eigenvalue weighted by Gasteiger charge is 2.53. The molecule has 4 nitrogen and oxygen atoms in total. The monoisotopic (exact) mass is 297 g/mol. The molecule has 2 fully saturated rings. The molecule has 0 aliphatic carbocycles. The van der Waals surface area contributed by atoms with Crippen LogP contribution in [-0.2, 0) is 4.74 Å². The molecule has 1 N–H and O–H groups in total. The lowest BCUT2D eigenvalue weighted by Crippen LogP contribution is -2.49. The fourth-order valence-electron chi connectivity index (χ4n) is 4.32. The van der Waals surface area contributed by atoms with E-state index in [2.05, 4.69) is 56.9 Å². The minimum atomic E-state index is -0.0985. The van der Waals surface area contributed by atoms with Gasteiger partial charge in [0, 0.05) is 31.6 Å². The predicted molar refractivity (Wildman–Crippen MR) is 88.8 cm³/mol. The SMILES string of the molecule is CNC1C(CN(C)CCN2CCCC2)C(C)(C)OC1(C)C. The Hall–Kier alpha value is -0.160. The molecule has 0 aromatic rings. The largest absolute Gasteiger partial charge is 0.368 e. The predicted octanol–water partition coefficient (Wildman–Crippen LogP) is 1.81. The third kappa shape index (κ3) is 3.98. The maximum Gasteiger partial charge on any atom is 0.0790 e. The Balaban J connectivity index is 1.89. The van der Waals surface area contributed by atoms with Gasteiger partial charge in [-0.25, -0.2) is 0 Å². The topological polar surface area (TPSA) is 27.7 Å². The van der Waals surface area contributed by atoms with Crippen LogP contribution < -0.4 is 5.32 Å². The quantitative estimate of drug-likeness (QED) is 0.809. The minimum absolute atomic E-state index is 0.0704. The summed E-state index contributed by atoms with van der Waals surface area (Å²) in [4.78, 5) is 5.08. The number of nitrogens with zero attached hydrogens (tertiary/aromatic N) is 2. The molecule has 2 rings (SSSR count). The molecule has 2 saturated heterocycles. The molecule has 0 bridgehead atoms. The van der Waals surface area contributed by atoms with Crippen molar-refractivity contribution < 1.29 is 4.74 Å². The van der Waals surface area contributed by atoms with Crippen molar-refractivity contribution in [2.45, 2.75) is 57.8 Å². The second-order valence-electron chi connectivity index (χ2n) is 7.99. The van der Waals surface area contributed by atoms with E-state index in [-0.39, 0.29) is 11.2 Å². The van der Waals surface area contributed by atoms with Crippen molar-refractivity contribution in [2.75, 3.05) is 46.8 Å². The standard InChI is InChI=1S/C17H35N3O/c1-16(2)14(15(18-5)17(3,4)21-16)13-19(6)11-12-20-9-7-8-10-20/h14-15,18H,7-13H2,1-6H3. The van der Waals surface area contributed by atoms with E-state index in [9.17, 15) is 0 Å². The molecule has 4 heteroatoms. The molecule has 0 amide bonds. The zero-order valence-corrected chi connectivity index (χ0v) is 14.9. The first-order valence-corrected chi connectivity index (χ1v) is 8.54.